The summed E-state index contributed by atoms with van der Waals surface area (Å²) in [6.07, 6.45) is 0.592. The van der Waals surface area contributed by atoms with Gasteiger partial charge in [-0.15, -0.1) is 0 Å². The number of carbonyl (C=O) groups excluding carboxylic acids is 4. The predicted octanol–water partition coefficient (Wildman–Crippen LogP) is -1.02. The molecule has 2 heterocycles. The van der Waals surface area contributed by atoms with Gasteiger partial charge in [0.25, 0.3) is 27.8 Å². The van der Waals surface area contributed by atoms with Crippen molar-refractivity contribution in [1.29, 1.82) is 0 Å². The van der Waals surface area contributed by atoms with Crippen LogP contribution >= 0.6 is 0 Å². The minimum atomic E-state index is -4.15. The molecule has 196 valence electrons. The van der Waals surface area contributed by atoms with Crippen molar-refractivity contribution in [2.75, 3.05) is 41.3 Å². The molecule has 2 aliphatic rings. The zero-order valence-electron chi connectivity index (χ0n) is 20.5. The van der Waals surface area contributed by atoms with Gasteiger partial charge in [-0.05, 0) is 30.5 Å². The van der Waals surface area contributed by atoms with E-state index < -0.39 is 58.2 Å². The molecule has 36 heavy (non-hydrogen) atoms. The Kier molecular flexibility index (Phi) is 8.21. The Labute approximate surface area is 208 Å². The Morgan fingerprint density at radius 2 is 1.78 bits per heavy atom. The largest absolute Gasteiger partial charge is 0.350 e. The third-order valence-corrected chi connectivity index (χ3v) is 7.82. The number of hydrogen-bond donors (Lipinski definition) is 1. The normalized spacial score (nSPS) is 20.3. The molecular weight excluding hydrogens is 495 g/mol. The summed E-state index contributed by atoms with van der Waals surface area (Å²) in [5, 5.41) is 2.51. The van der Waals surface area contributed by atoms with Crippen LogP contribution in [0.1, 0.15) is 18.4 Å². The molecule has 2 unspecified atom stereocenters. The Bertz CT molecular complexity index is 1180. The summed E-state index contributed by atoms with van der Waals surface area (Å²) in [7, 11) is 1.44. The maximum Gasteiger partial charge on any atom is 0.298 e. The Hall–Kier alpha value is -3.23. The van der Waals surface area contributed by atoms with Gasteiger partial charge in [-0.3, -0.25) is 24.1 Å². The quantitative estimate of drug-likeness (QED) is 0.341. The zero-order valence-corrected chi connectivity index (χ0v) is 21.3. The molecule has 14 heteroatoms. The summed E-state index contributed by atoms with van der Waals surface area (Å²) < 4.78 is 41.3. The van der Waals surface area contributed by atoms with Crippen molar-refractivity contribution in [2.24, 2.45) is 4.99 Å². The number of piperidine rings is 1. The van der Waals surface area contributed by atoms with E-state index in [1.807, 2.05) is 0 Å². The molecule has 0 aromatic heterocycles. The van der Waals surface area contributed by atoms with Crippen LogP contribution in [-0.4, -0.2) is 110 Å². The Morgan fingerprint density at radius 1 is 1.14 bits per heavy atom. The molecule has 1 saturated heterocycles. The molecular formula is C22H29FN6O6S. The second-order valence-electron chi connectivity index (χ2n) is 8.84. The molecule has 3 rings (SSSR count). The first-order valence-corrected chi connectivity index (χ1v) is 12.6. The molecule has 0 spiro atoms. The van der Waals surface area contributed by atoms with Crippen LogP contribution in [0.4, 0.5) is 4.39 Å². The topological polar surface area (TPSA) is 140 Å². The van der Waals surface area contributed by atoms with Crippen LogP contribution in [0.25, 0.3) is 0 Å². The van der Waals surface area contributed by atoms with Crippen LogP contribution < -0.4 is 5.32 Å². The highest BCUT2D eigenvalue weighted by Crippen LogP contribution is 2.26. The average Bonchev–Trinajstić information content (AvgIpc) is 2.83. The maximum absolute atomic E-state index is 13.2. The van der Waals surface area contributed by atoms with Crippen molar-refractivity contribution in [3.63, 3.8) is 0 Å². The minimum absolute atomic E-state index is 0.0342. The van der Waals surface area contributed by atoms with Crippen molar-refractivity contribution in [3.8, 4) is 0 Å². The van der Waals surface area contributed by atoms with Crippen molar-refractivity contribution in [3.05, 3.63) is 35.6 Å². The number of amidine groups is 1. The Morgan fingerprint density at radius 3 is 2.36 bits per heavy atom. The number of hydrogen-bond acceptors (Lipinski definition) is 7. The second kappa shape index (κ2) is 10.8. The highest BCUT2D eigenvalue weighted by Gasteiger charge is 2.48. The van der Waals surface area contributed by atoms with E-state index in [0.717, 1.165) is 13.5 Å². The zero-order chi connectivity index (χ0) is 26.8. The summed E-state index contributed by atoms with van der Waals surface area (Å²) in [5.41, 5.74) is 0.564. The number of fused-ring (bicyclic) bond motifs is 1. The number of Topliss-reactive ketones (excluding diaryl/α,β-unsaturated/α-hetero) is 1. The molecule has 0 aliphatic carbocycles. The first-order valence-electron chi connectivity index (χ1n) is 11.2. The molecule has 0 radical (unpaired) electrons. The van der Waals surface area contributed by atoms with E-state index in [2.05, 4.69) is 10.3 Å². The van der Waals surface area contributed by atoms with Gasteiger partial charge in [-0.25, -0.2) is 9.38 Å². The summed E-state index contributed by atoms with van der Waals surface area (Å²) in [6, 6.07) is 2.60. The fourth-order valence-corrected chi connectivity index (χ4v) is 5.06. The van der Waals surface area contributed by atoms with E-state index >= 15 is 0 Å². The van der Waals surface area contributed by atoms with Crippen LogP contribution in [0.15, 0.2) is 29.3 Å². The number of ketones is 1. The molecule has 0 bridgehead atoms. The first kappa shape index (κ1) is 27.4. The predicted molar refractivity (Wildman–Crippen MR) is 127 cm³/mol. The number of rotatable bonds is 8. The second-order valence-corrected chi connectivity index (χ2v) is 10.9. The number of benzene rings is 1. The fourth-order valence-electron chi connectivity index (χ4n) is 3.84. The summed E-state index contributed by atoms with van der Waals surface area (Å²) in [4.78, 5) is 57.5. The standard InChI is InChI=1S/C22H29FN6O6S/c1-26(2)17(30)13-29(36(34,35)27(3)4)16-6-5-11-28-20(16)25-18(19(31)22(28)33)21(32)24-12-14-7-9-15(23)10-8-14/h7-10,16,18H,5-6,11-13H2,1-4H3,(H,24,32). The highest BCUT2D eigenvalue weighted by atomic mass is 32.2. The maximum atomic E-state index is 13.2. The van der Waals surface area contributed by atoms with Gasteiger partial charge in [0.2, 0.25) is 5.91 Å². The number of carbonyl (C=O) groups is 4. The molecule has 2 atom stereocenters. The monoisotopic (exact) mass is 524 g/mol. The molecule has 12 nitrogen and oxygen atoms in total. The van der Waals surface area contributed by atoms with E-state index in [4.69, 9.17) is 0 Å². The van der Waals surface area contributed by atoms with E-state index in [9.17, 15) is 32.0 Å². The lowest BCUT2D eigenvalue weighted by atomic mass is 9.99. The fraction of sp³-hybridized carbons (Fsp3) is 0.500. The third-order valence-electron chi connectivity index (χ3n) is 5.92. The van der Waals surface area contributed by atoms with E-state index in [1.165, 1.54) is 57.4 Å². The lowest BCUT2D eigenvalue weighted by molar-refractivity contribution is -0.146. The molecule has 2 aliphatic heterocycles. The SMILES string of the molecule is CN(C)C(=O)CN(C1CCCN2C(=O)C(=O)C(C(=O)NCc3ccc(F)cc3)N=C12)S(=O)(=O)N(C)C. The number of halogens is 1. The van der Waals surface area contributed by atoms with Crippen LogP contribution in [0.2, 0.25) is 0 Å². The van der Waals surface area contributed by atoms with Gasteiger partial charge >= 0.3 is 0 Å². The molecule has 3 amide bonds. The van der Waals surface area contributed by atoms with E-state index in [1.54, 1.807) is 0 Å². The van der Waals surface area contributed by atoms with Gasteiger partial charge in [0.05, 0.1) is 12.6 Å². The molecule has 1 aromatic rings. The van der Waals surface area contributed by atoms with Crippen molar-refractivity contribution in [2.45, 2.75) is 31.5 Å². The average molecular weight is 525 g/mol. The number of amides is 3. The lowest BCUT2D eigenvalue weighted by Gasteiger charge is -2.42. The number of nitrogens with one attached hydrogen (secondary N) is 1. The van der Waals surface area contributed by atoms with Gasteiger partial charge in [0.1, 0.15) is 11.7 Å². The number of nitrogens with zero attached hydrogens (tertiary/aromatic N) is 5. The van der Waals surface area contributed by atoms with Crippen LogP contribution in [-0.2, 0) is 35.9 Å². The molecule has 0 saturated carbocycles. The molecule has 1 N–H and O–H groups in total. The van der Waals surface area contributed by atoms with Crippen molar-refractivity contribution in [1.82, 2.24) is 23.7 Å². The molecule has 1 aromatic carbocycles. The van der Waals surface area contributed by atoms with Crippen LogP contribution in [0, 0.1) is 5.82 Å². The van der Waals surface area contributed by atoms with Gasteiger partial charge in [0.15, 0.2) is 6.04 Å². The Balaban J connectivity index is 1.95. The summed E-state index contributed by atoms with van der Waals surface area (Å²) in [6.45, 7) is -0.427. The number of likely N-dealkylation sites (N-methyl/N-ethyl adjacent to an activating group) is 1. The lowest BCUT2D eigenvalue weighted by Crippen LogP contribution is -2.63. The molecule has 1 fully saturated rings. The first-order chi connectivity index (χ1) is 16.8. The van der Waals surface area contributed by atoms with Crippen LogP contribution in [0.3, 0.4) is 0 Å². The van der Waals surface area contributed by atoms with Gasteiger partial charge in [0, 0.05) is 41.3 Å². The van der Waals surface area contributed by atoms with Gasteiger partial charge < -0.3 is 10.2 Å². The third kappa shape index (κ3) is 5.60. The summed E-state index contributed by atoms with van der Waals surface area (Å²) >= 11 is 0. The smallest absolute Gasteiger partial charge is 0.298 e. The van der Waals surface area contributed by atoms with Crippen molar-refractivity contribution < 1.29 is 32.0 Å². The van der Waals surface area contributed by atoms with Crippen LogP contribution in [0.5, 0.6) is 0 Å². The van der Waals surface area contributed by atoms with E-state index in [-0.39, 0.29) is 25.3 Å². The minimum Gasteiger partial charge on any atom is -0.350 e. The number of aliphatic imine (C=N–C) groups is 1. The summed E-state index contributed by atoms with van der Waals surface area (Å²) in [5.74, 6) is -3.84. The van der Waals surface area contributed by atoms with E-state index in [0.29, 0.717) is 12.0 Å². The van der Waals surface area contributed by atoms with Gasteiger partial charge in [-0.1, -0.05) is 12.1 Å². The van der Waals surface area contributed by atoms with Gasteiger partial charge in [-0.2, -0.15) is 17.0 Å². The highest BCUT2D eigenvalue weighted by molar-refractivity contribution is 7.86. The van der Waals surface area contributed by atoms with Crippen molar-refractivity contribution >= 4 is 39.5 Å².